The van der Waals surface area contributed by atoms with Crippen LogP contribution in [0.4, 0.5) is 0 Å². The molecule has 5 nitrogen and oxygen atoms in total. The molecule has 121 valence electrons. The predicted molar refractivity (Wildman–Crippen MR) is 82.7 cm³/mol. The molecule has 1 aliphatic heterocycles. The Morgan fingerprint density at radius 3 is 2.30 bits per heavy atom. The van der Waals surface area contributed by atoms with Crippen LogP contribution in [-0.2, 0) is 42.3 Å². The molecule has 0 aliphatic carbocycles. The van der Waals surface area contributed by atoms with Gasteiger partial charge in [0.15, 0.2) is 0 Å². The molecule has 0 saturated carbocycles. The van der Waals surface area contributed by atoms with Crippen LogP contribution in [0.15, 0.2) is 0 Å². The zero-order valence-electron chi connectivity index (χ0n) is 14.2. The molecular weight excluding hydrogens is 369 g/mol. The first-order chi connectivity index (χ1) is 10.2. The molecule has 1 atom stereocenters. The Kier molecular flexibility index (Phi) is 6.28. The van der Waals surface area contributed by atoms with Crippen LogP contribution in [0, 0.1) is 33.8 Å². The minimum atomic E-state index is -1.20. The molecule has 1 unspecified atom stereocenters. The van der Waals surface area contributed by atoms with E-state index in [1.165, 1.54) is 0 Å². The van der Waals surface area contributed by atoms with Gasteiger partial charge in [0.2, 0.25) is 11.8 Å². The Balaban J connectivity index is 0.00000264. The minimum absolute atomic E-state index is 0. The molecule has 1 N–H and O–H groups in total. The number of hydrogen-bond donors (Lipinski definition) is 1. The van der Waals surface area contributed by atoms with Gasteiger partial charge in [-0.15, -0.1) is 33.9 Å². The fourth-order valence-electron chi connectivity index (χ4n) is 2.52. The van der Waals surface area contributed by atoms with Crippen LogP contribution >= 0.6 is 0 Å². The number of carbonyl (C=O) groups is 3. The van der Waals surface area contributed by atoms with Crippen molar-refractivity contribution in [3.05, 3.63) is 39.2 Å². The fourth-order valence-corrected chi connectivity index (χ4v) is 2.52. The second-order valence-electron chi connectivity index (χ2n) is 6.07. The summed E-state index contributed by atoms with van der Waals surface area (Å²) in [7, 11) is 0. The van der Waals surface area contributed by atoms with Gasteiger partial charge in [0, 0.05) is 39.1 Å². The van der Waals surface area contributed by atoms with E-state index in [4.69, 9.17) is 0 Å². The smallest absolute Gasteiger partial charge is 0.226 e. The number of benzene rings is 1. The SMILES string of the molecule is Cc1[c-]c(C(=O)[N-]C2(C)CCC(=O)NC2=O)c(C)c(C)c1C.[Y]. The van der Waals surface area contributed by atoms with Crippen LogP contribution in [0.3, 0.4) is 0 Å². The van der Waals surface area contributed by atoms with Gasteiger partial charge in [-0.05, 0) is 17.9 Å². The van der Waals surface area contributed by atoms with E-state index < -0.39 is 17.4 Å². The molecule has 6 heteroatoms. The van der Waals surface area contributed by atoms with Crippen LogP contribution in [0.2, 0.25) is 0 Å². The topological polar surface area (TPSA) is 77.3 Å². The van der Waals surface area contributed by atoms with E-state index in [2.05, 4.69) is 16.7 Å². The monoisotopic (exact) mass is 389 g/mol. The average Bonchev–Trinajstić information content (AvgIpc) is 2.45. The van der Waals surface area contributed by atoms with Crippen molar-refractivity contribution in [2.24, 2.45) is 0 Å². The van der Waals surface area contributed by atoms with Gasteiger partial charge in [-0.3, -0.25) is 14.9 Å². The number of aryl methyl sites for hydroxylation is 1. The maximum atomic E-state index is 12.5. The average molecular weight is 389 g/mol. The number of piperidine rings is 1. The Bertz CT molecular complexity index is 685. The van der Waals surface area contributed by atoms with E-state index in [0.29, 0.717) is 5.56 Å². The van der Waals surface area contributed by atoms with Gasteiger partial charge in [0.25, 0.3) is 0 Å². The van der Waals surface area contributed by atoms with Crippen LogP contribution in [0.1, 0.15) is 52.4 Å². The Morgan fingerprint density at radius 1 is 1.13 bits per heavy atom. The van der Waals surface area contributed by atoms with E-state index in [1.54, 1.807) is 6.92 Å². The molecule has 3 amide bonds. The second kappa shape index (κ2) is 7.22. The molecule has 2 rings (SSSR count). The summed E-state index contributed by atoms with van der Waals surface area (Å²) in [6.07, 6.45) is 0.431. The van der Waals surface area contributed by atoms with Crippen LogP contribution < -0.4 is 5.32 Å². The standard InChI is InChI=1S/C17H21N2O3.Y/c1-9-8-13(12(4)11(3)10(9)2)15(21)19-17(5)7-6-14(20)18-16(17)22;/h6-7H2,1-5H3,(H2,18,19,20,21,22);/q-1;/p-1. The number of amides is 3. The first kappa shape index (κ1) is 20.0. The molecule has 1 aromatic carbocycles. The Labute approximate surface area is 161 Å². The van der Waals surface area contributed by atoms with E-state index in [9.17, 15) is 14.4 Å². The van der Waals surface area contributed by atoms with Gasteiger partial charge in [-0.2, -0.15) is 0 Å². The summed E-state index contributed by atoms with van der Waals surface area (Å²) in [4.78, 5) is 35.7. The summed E-state index contributed by atoms with van der Waals surface area (Å²) in [5, 5.41) is 6.33. The molecule has 1 fully saturated rings. The molecule has 0 spiro atoms. The van der Waals surface area contributed by atoms with Gasteiger partial charge in [0.1, 0.15) is 0 Å². The van der Waals surface area contributed by atoms with Gasteiger partial charge < -0.3 is 10.1 Å². The van der Waals surface area contributed by atoms with Crippen molar-refractivity contribution in [1.29, 1.82) is 0 Å². The quantitative estimate of drug-likeness (QED) is 0.624. The van der Waals surface area contributed by atoms with Gasteiger partial charge >= 0.3 is 0 Å². The maximum absolute atomic E-state index is 12.5. The zero-order valence-corrected chi connectivity index (χ0v) is 17.0. The summed E-state index contributed by atoms with van der Waals surface area (Å²) >= 11 is 0. The Morgan fingerprint density at radius 2 is 1.74 bits per heavy atom. The molecule has 1 aromatic rings. The predicted octanol–water partition coefficient (Wildman–Crippen LogP) is 2.43. The number of nitrogens with zero attached hydrogens (tertiary/aromatic N) is 1. The van der Waals surface area contributed by atoms with Gasteiger partial charge in [-0.1, -0.05) is 34.6 Å². The number of imide groups is 1. The molecule has 23 heavy (non-hydrogen) atoms. The third kappa shape index (κ3) is 3.89. The summed E-state index contributed by atoms with van der Waals surface area (Å²) in [6, 6.07) is 3.07. The first-order valence-electron chi connectivity index (χ1n) is 7.27. The number of nitrogens with one attached hydrogen (secondary N) is 1. The zero-order chi connectivity index (χ0) is 16.7. The van der Waals surface area contributed by atoms with Crippen molar-refractivity contribution in [3.8, 4) is 0 Å². The maximum Gasteiger partial charge on any atom is 0.226 e. The number of carbonyl (C=O) groups excluding carboxylic acids is 3. The van der Waals surface area contributed by atoms with Crippen molar-refractivity contribution in [2.45, 2.75) is 53.0 Å². The van der Waals surface area contributed by atoms with Crippen LogP contribution in [0.5, 0.6) is 0 Å². The third-order valence-corrected chi connectivity index (χ3v) is 4.52. The minimum Gasteiger partial charge on any atom is -0.682 e. The van der Waals surface area contributed by atoms with E-state index in [-0.39, 0.29) is 51.5 Å². The summed E-state index contributed by atoms with van der Waals surface area (Å²) < 4.78 is 0. The fraction of sp³-hybridized carbons (Fsp3) is 0.471. The van der Waals surface area contributed by atoms with Gasteiger partial charge in [0.05, 0.1) is 0 Å². The van der Waals surface area contributed by atoms with Crippen molar-refractivity contribution < 1.29 is 47.1 Å². The van der Waals surface area contributed by atoms with Gasteiger partial charge in [-0.25, -0.2) is 0 Å². The van der Waals surface area contributed by atoms with E-state index >= 15 is 0 Å². The summed E-state index contributed by atoms with van der Waals surface area (Å²) in [5.74, 6) is -1.30. The van der Waals surface area contributed by atoms with Crippen molar-refractivity contribution in [3.63, 3.8) is 0 Å². The molecule has 0 bridgehead atoms. The molecule has 1 heterocycles. The third-order valence-electron chi connectivity index (χ3n) is 4.52. The van der Waals surface area contributed by atoms with E-state index in [0.717, 1.165) is 22.3 Å². The van der Waals surface area contributed by atoms with Crippen molar-refractivity contribution in [2.75, 3.05) is 0 Å². The van der Waals surface area contributed by atoms with Crippen LogP contribution in [0.25, 0.3) is 5.32 Å². The normalized spacial score (nSPS) is 20.6. The van der Waals surface area contributed by atoms with Crippen LogP contribution in [-0.4, -0.2) is 23.3 Å². The number of hydrogen-bond acceptors (Lipinski definition) is 3. The second-order valence-corrected chi connectivity index (χ2v) is 6.07. The Hall–Kier alpha value is -1.07. The molecule has 1 aliphatic rings. The summed E-state index contributed by atoms with van der Waals surface area (Å²) in [5.41, 5.74) is 3.05. The molecule has 1 radical (unpaired) electrons. The molecule has 0 aromatic heterocycles. The number of rotatable bonds is 2. The van der Waals surface area contributed by atoms with E-state index in [1.807, 2.05) is 27.7 Å². The largest absolute Gasteiger partial charge is 0.682 e. The summed E-state index contributed by atoms with van der Waals surface area (Å²) in [6.45, 7) is 9.27. The van der Waals surface area contributed by atoms with Crippen molar-refractivity contribution >= 4 is 17.7 Å². The van der Waals surface area contributed by atoms with Crippen molar-refractivity contribution in [1.82, 2.24) is 5.32 Å². The molecule has 1 saturated heterocycles. The first-order valence-corrected chi connectivity index (χ1v) is 7.27. The molecular formula is C17H20N2O3Y-2.